The zero-order valence-electron chi connectivity index (χ0n) is 16.0. The first-order valence-corrected chi connectivity index (χ1v) is 9.63. The highest BCUT2D eigenvalue weighted by Crippen LogP contribution is 2.29. The zero-order valence-corrected chi connectivity index (χ0v) is 16.0. The van der Waals surface area contributed by atoms with E-state index in [4.69, 9.17) is 4.98 Å². The summed E-state index contributed by atoms with van der Waals surface area (Å²) < 4.78 is 3.22. The molecule has 4 aromatic heterocycles. The Kier molecular flexibility index (Phi) is 4.27. The van der Waals surface area contributed by atoms with Gasteiger partial charge in [-0.15, -0.1) is 0 Å². The number of allylic oxidation sites excluding steroid dienone is 2. The van der Waals surface area contributed by atoms with Crippen LogP contribution in [-0.2, 0) is 11.3 Å². The van der Waals surface area contributed by atoms with Crippen LogP contribution in [0.15, 0.2) is 43.1 Å². The Morgan fingerprint density at radius 2 is 2.21 bits per heavy atom. The summed E-state index contributed by atoms with van der Waals surface area (Å²) in [5.74, 6) is 0.512. The van der Waals surface area contributed by atoms with Crippen molar-refractivity contribution < 1.29 is 4.79 Å². The lowest BCUT2D eigenvalue weighted by atomic mass is 9.90. The second kappa shape index (κ2) is 7.08. The highest BCUT2D eigenvalue weighted by Gasteiger charge is 2.16. The minimum atomic E-state index is -0.197. The van der Waals surface area contributed by atoms with Crippen LogP contribution in [0.5, 0.6) is 0 Å². The van der Waals surface area contributed by atoms with Crippen LogP contribution in [0.3, 0.4) is 0 Å². The number of rotatable bonds is 4. The van der Waals surface area contributed by atoms with Crippen LogP contribution in [0.2, 0.25) is 0 Å². The minimum absolute atomic E-state index is 0.0512. The highest BCUT2D eigenvalue weighted by atomic mass is 16.2. The maximum absolute atomic E-state index is 12.5. The largest absolute Gasteiger partial charge is 0.324 e. The van der Waals surface area contributed by atoms with Gasteiger partial charge < -0.3 is 5.32 Å². The first kappa shape index (κ1) is 17.5. The Hall–Kier alpha value is -3.62. The van der Waals surface area contributed by atoms with E-state index in [1.54, 1.807) is 39.9 Å². The molecule has 4 aromatic rings. The molecule has 1 amide bonds. The average Bonchev–Trinajstić information content (AvgIpc) is 3.35. The van der Waals surface area contributed by atoms with Gasteiger partial charge in [0, 0.05) is 18.0 Å². The predicted octanol–water partition coefficient (Wildman–Crippen LogP) is 2.71. The summed E-state index contributed by atoms with van der Waals surface area (Å²) in [5.41, 5.74) is 4.69. The molecule has 0 saturated carbocycles. The number of hydrogen-bond acceptors (Lipinski definition) is 6. The normalized spacial score (nSPS) is 16.9. The standard InChI is InChI=1S/C20H20N8O/c1-13-2-4-14(5-3-13)16-9-21-17-10-23-28(20(17)26-16)11-19(29)25-15-6-7-27-18(8-15)22-12-24-27/h4,6-10,12-13H,2-3,5,11H2,1H3,(H,25,29). The van der Waals surface area contributed by atoms with Crippen LogP contribution < -0.4 is 5.32 Å². The summed E-state index contributed by atoms with van der Waals surface area (Å²) in [6.07, 6.45) is 12.1. The molecule has 0 aromatic carbocycles. The van der Waals surface area contributed by atoms with Gasteiger partial charge in [-0.05, 0) is 36.8 Å². The highest BCUT2D eigenvalue weighted by molar-refractivity contribution is 5.91. The Labute approximate surface area is 166 Å². The van der Waals surface area contributed by atoms with E-state index in [1.165, 1.54) is 11.9 Å². The molecule has 9 heteroatoms. The molecule has 1 N–H and O–H groups in total. The number of carbonyl (C=O) groups is 1. The lowest BCUT2D eigenvalue weighted by Gasteiger charge is -2.17. The monoisotopic (exact) mass is 388 g/mol. The molecular weight excluding hydrogens is 368 g/mol. The van der Waals surface area contributed by atoms with Crippen LogP contribution in [0.4, 0.5) is 5.69 Å². The van der Waals surface area contributed by atoms with E-state index in [0.29, 0.717) is 28.4 Å². The van der Waals surface area contributed by atoms with Crippen LogP contribution >= 0.6 is 0 Å². The zero-order chi connectivity index (χ0) is 19.8. The van der Waals surface area contributed by atoms with Crippen molar-refractivity contribution in [2.24, 2.45) is 5.92 Å². The molecule has 5 rings (SSSR count). The van der Waals surface area contributed by atoms with Gasteiger partial charge in [0.15, 0.2) is 11.3 Å². The Bertz CT molecular complexity index is 1240. The van der Waals surface area contributed by atoms with Crippen molar-refractivity contribution >= 4 is 34.0 Å². The van der Waals surface area contributed by atoms with E-state index in [0.717, 1.165) is 25.0 Å². The number of amides is 1. The lowest BCUT2D eigenvalue weighted by Crippen LogP contribution is -2.20. The number of carbonyl (C=O) groups excluding carboxylic acids is 1. The molecule has 0 fully saturated rings. The third-order valence-electron chi connectivity index (χ3n) is 5.21. The fraction of sp³-hybridized carbons (Fsp3) is 0.300. The van der Waals surface area contributed by atoms with Crippen LogP contribution in [0.25, 0.3) is 22.4 Å². The topological polar surface area (TPSA) is 103 Å². The van der Waals surface area contributed by atoms with Gasteiger partial charge >= 0.3 is 0 Å². The number of pyridine rings is 1. The van der Waals surface area contributed by atoms with E-state index in [2.05, 4.69) is 38.5 Å². The van der Waals surface area contributed by atoms with Crippen molar-refractivity contribution in [3.8, 4) is 0 Å². The number of nitrogens with zero attached hydrogens (tertiary/aromatic N) is 7. The molecule has 0 saturated heterocycles. The summed E-state index contributed by atoms with van der Waals surface area (Å²) >= 11 is 0. The van der Waals surface area contributed by atoms with E-state index < -0.39 is 0 Å². The second-order valence-corrected chi connectivity index (χ2v) is 7.40. The fourth-order valence-electron chi connectivity index (χ4n) is 3.55. The molecule has 1 aliphatic carbocycles. The molecular formula is C20H20N8O. The van der Waals surface area contributed by atoms with Crippen LogP contribution in [0, 0.1) is 5.92 Å². The molecule has 0 aliphatic heterocycles. The van der Waals surface area contributed by atoms with Gasteiger partial charge in [0.25, 0.3) is 0 Å². The molecule has 9 nitrogen and oxygen atoms in total. The fourth-order valence-corrected chi connectivity index (χ4v) is 3.55. The SMILES string of the molecule is CC1CC=C(c2cnc3cnn(CC(=O)Nc4ccn5ncnc5c4)c3n2)CC1. The molecule has 4 heterocycles. The molecule has 146 valence electrons. The lowest BCUT2D eigenvalue weighted by molar-refractivity contribution is -0.116. The van der Waals surface area contributed by atoms with E-state index in [-0.39, 0.29) is 12.5 Å². The second-order valence-electron chi connectivity index (χ2n) is 7.40. The maximum atomic E-state index is 12.5. The van der Waals surface area contributed by atoms with Crippen molar-refractivity contribution in [1.82, 2.24) is 34.3 Å². The predicted molar refractivity (Wildman–Crippen MR) is 108 cm³/mol. The van der Waals surface area contributed by atoms with Gasteiger partial charge in [-0.3, -0.25) is 4.79 Å². The van der Waals surface area contributed by atoms with E-state index in [1.807, 2.05) is 0 Å². The third kappa shape index (κ3) is 3.46. The summed E-state index contributed by atoms with van der Waals surface area (Å²) in [5, 5.41) is 11.2. The number of hydrogen-bond donors (Lipinski definition) is 1. The van der Waals surface area contributed by atoms with Crippen molar-refractivity contribution in [2.45, 2.75) is 32.7 Å². The Morgan fingerprint density at radius 1 is 1.28 bits per heavy atom. The van der Waals surface area contributed by atoms with Crippen molar-refractivity contribution in [3.63, 3.8) is 0 Å². The quantitative estimate of drug-likeness (QED) is 0.577. The number of aromatic nitrogens is 7. The summed E-state index contributed by atoms with van der Waals surface area (Å²) in [6, 6.07) is 3.54. The summed E-state index contributed by atoms with van der Waals surface area (Å²) in [6.45, 7) is 2.31. The van der Waals surface area contributed by atoms with Gasteiger partial charge in [0.2, 0.25) is 5.91 Å². The summed E-state index contributed by atoms with van der Waals surface area (Å²) in [4.78, 5) is 25.9. The van der Waals surface area contributed by atoms with Gasteiger partial charge in [0.1, 0.15) is 18.4 Å². The third-order valence-corrected chi connectivity index (χ3v) is 5.21. The van der Waals surface area contributed by atoms with E-state index >= 15 is 0 Å². The van der Waals surface area contributed by atoms with Crippen LogP contribution in [-0.4, -0.2) is 40.3 Å². The van der Waals surface area contributed by atoms with Gasteiger partial charge in [-0.1, -0.05) is 13.0 Å². The number of fused-ring (bicyclic) bond motifs is 2. The maximum Gasteiger partial charge on any atom is 0.246 e. The first-order chi connectivity index (χ1) is 14.2. The smallest absolute Gasteiger partial charge is 0.246 e. The van der Waals surface area contributed by atoms with E-state index in [9.17, 15) is 4.79 Å². The van der Waals surface area contributed by atoms with Gasteiger partial charge in [-0.2, -0.15) is 10.2 Å². The minimum Gasteiger partial charge on any atom is -0.324 e. The van der Waals surface area contributed by atoms with Crippen LogP contribution in [0.1, 0.15) is 31.9 Å². The van der Waals surface area contributed by atoms with Crippen molar-refractivity contribution in [3.05, 3.63) is 48.8 Å². The average molecular weight is 388 g/mol. The van der Waals surface area contributed by atoms with Crippen molar-refractivity contribution in [2.75, 3.05) is 5.32 Å². The molecule has 1 atom stereocenters. The Morgan fingerprint density at radius 3 is 3.07 bits per heavy atom. The molecule has 1 unspecified atom stereocenters. The molecule has 1 aliphatic rings. The van der Waals surface area contributed by atoms with Gasteiger partial charge in [0.05, 0.1) is 18.1 Å². The number of anilines is 1. The van der Waals surface area contributed by atoms with Crippen molar-refractivity contribution in [1.29, 1.82) is 0 Å². The molecule has 0 radical (unpaired) electrons. The molecule has 0 bridgehead atoms. The Balaban J connectivity index is 1.36. The first-order valence-electron chi connectivity index (χ1n) is 9.63. The molecule has 0 spiro atoms. The number of nitrogens with one attached hydrogen (secondary N) is 1. The summed E-state index contributed by atoms with van der Waals surface area (Å²) in [7, 11) is 0. The van der Waals surface area contributed by atoms with Gasteiger partial charge in [-0.25, -0.2) is 24.1 Å². The molecule has 29 heavy (non-hydrogen) atoms.